The molecule has 2 rings (SSSR count). The molecule has 2 nitrogen and oxygen atoms in total. The Morgan fingerprint density at radius 2 is 1.73 bits per heavy atom. The van der Waals surface area contributed by atoms with Crippen molar-refractivity contribution in [3.63, 3.8) is 0 Å². The summed E-state index contributed by atoms with van der Waals surface area (Å²) in [4.78, 5) is 2.72. The average molecular weight is 309 g/mol. The van der Waals surface area contributed by atoms with Gasteiger partial charge in [0.25, 0.3) is 0 Å². The molecule has 1 heterocycles. The number of piperidine rings is 1. The van der Waals surface area contributed by atoms with E-state index in [9.17, 15) is 0 Å². The monoisotopic (exact) mass is 308 g/mol. The van der Waals surface area contributed by atoms with E-state index in [0.29, 0.717) is 5.41 Å². The van der Waals surface area contributed by atoms with Crippen molar-refractivity contribution in [2.75, 3.05) is 26.2 Å². The van der Waals surface area contributed by atoms with Gasteiger partial charge in [0.15, 0.2) is 0 Å². The molecule has 0 amide bonds. The van der Waals surface area contributed by atoms with Gasteiger partial charge in [0.1, 0.15) is 0 Å². The van der Waals surface area contributed by atoms with E-state index in [0.717, 1.165) is 17.9 Å². The highest BCUT2D eigenvalue weighted by Gasteiger charge is 2.29. The highest BCUT2D eigenvalue weighted by atomic mass is 15.2. The van der Waals surface area contributed by atoms with Crippen LogP contribution in [0.15, 0.2) is 0 Å². The third kappa shape index (κ3) is 6.58. The maximum atomic E-state index is 3.95. The van der Waals surface area contributed by atoms with Gasteiger partial charge in [-0.2, -0.15) is 0 Å². The zero-order valence-electron chi connectivity index (χ0n) is 15.7. The largest absolute Gasteiger partial charge is 0.312 e. The summed E-state index contributed by atoms with van der Waals surface area (Å²) < 4.78 is 0. The fourth-order valence-corrected chi connectivity index (χ4v) is 4.69. The lowest BCUT2D eigenvalue weighted by molar-refractivity contribution is 0.111. The Morgan fingerprint density at radius 3 is 2.36 bits per heavy atom. The van der Waals surface area contributed by atoms with E-state index in [4.69, 9.17) is 0 Å². The zero-order valence-corrected chi connectivity index (χ0v) is 15.7. The Balaban J connectivity index is 1.82. The Labute approximate surface area is 139 Å². The molecule has 2 heteroatoms. The molecule has 2 fully saturated rings. The molecular weight excluding hydrogens is 268 g/mol. The summed E-state index contributed by atoms with van der Waals surface area (Å²) in [6.45, 7) is 14.7. The van der Waals surface area contributed by atoms with Crippen molar-refractivity contribution in [2.24, 2.45) is 17.3 Å². The molecule has 0 aromatic carbocycles. The van der Waals surface area contributed by atoms with Gasteiger partial charge >= 0.3 is 0 Å². The number of likely N-dealkylation sites (tertiary alicyclic amines) is 1. The maximum Gasteiger partial charge on any atom is 0.0198 e. The summed E-state index contributed by atoms with van der Waals surface area (Å²) in [5.74, 6) is 1.83. The molecule has 0 radical (unpaired) electrons. The van der Waals surface area contributed by atoms with E-state index in [2.05, 4.69) is 37.9 Å². The first-order valence-corrected chi connectivity index (χ1v) is 9.92. The number of nitrogens with one attached hydrogen (secondary N) is 1. The van der Waals surface area contributed by atoms with Crippen LogP contribution >= 0.6 is 0 Å². The lowest BCUT2D eigenvalue weighted by Gasteiger charge is -2.41. The average Bonchev–Trinajstić information content (AvgIpc) is 2.44. The Hall–Kier alpha value is -0.0800. The zero-order chi connectivity index (χ0) is 16.0. The Kier molecular flexibility index (Phi) is 7.21. The first-order chi connectivity index (χ1) is 10.5. The maximum absolute atomic E-state index is 3.95. The van der Waals surface area contributed by atoms with Crippen LogP contribution in [0.25, 0.3) is 0 Å². The topological polar surface area (TPSA) is 15.3 Å². The third-order valence-corrected chi connectivity index (χ3v) is 5.47. The highest BCUT2D eigenvalue weighted by molar-refractivity contribution is 4.86. The van der Waals surface area contributed by atoms with Crippen LogP contribution in [0.1, 0.15) is 79.1 Å². The van der Waals surface area contributed by atoms with Gasteiger partial charge < -0.3 is 10.2 Å². The molecule has 2 unspecified atom stereocenters. The quantitative estimate of drug-likeness (QED) is 0.765. The standard InChI is InChI=1S/C20H40N2/c1-5-11-22-15-18(13-20(2,3)4)12-19(16-22)21-14-17-9-7-6-8-10-17/h17-19,21H,5-16H2,1-4H3. The van der Waals surface area contributed by atoms with Gasteiger partial charge in [0.05, 0.1) is 0 Å². The van der Waals surface area contributed by atoms with Crippen LogP contribution in [-0.4, -0.2) is 37.1 Å². The van der Waals surface area contributed by atoms with Crippen molar-refractivity contribution in [3.05, 3.63) is 0 Å². The van der Waals surface area contributed by atoms with E-state index >= 15 is 0 Å². The van der Waals surface area contributed by atoms with Crippen LogP contribution in [0.4, 0.5) is 0 Å². The number of hydrogen-bond acceptors (Lipinski definition) is 2. The fourth-order valence-electron chi connectivity index (χ4n) is 4.69. The summed E-state index contributed by atoms with van der Waals surface area (Å²) in [7, 11) is 0. The van der Waals surface area contributed by atoms with Crippen LogP contribution in [0.2, 0.25) is 0 Å². The molecular formula is C20H40N2. The second-order valence-corrected chi connectivity index (χ2v) is 9.24. The summed E-state index contributed by atoms with van der Waals surface area (Å²) >= 11 is 0. The fraction of sp³-hybridized carbons (Fsp3) is 1.00. The molecule has 1 aliphatic carbocycles. The lowest BCUT2D eigenvalue weighted by Crippen LogP contribution is -2.50. The van der Waals surface area contributed by atoms with Crippen LogP contribution < -0.4 is 5.32 Å². The second kappa shape index (κ2) is 8.68. The van der Waals surface area contributed by atoms with Gasteiger partial charge in [-0.05, 0) is 62.4 Å². The molecule has 2 aliphatic rings. The summed E-state index contributed by atoms with van der Waals surface area (Å²) in [6, 6.07) is 0.731. The Morgan fingerprint density at radius 1 is 1.00 bits per heavy atom. The van der Waals surface area contributed by atoms with Crippen molar-refractivity contribution in [3.8, 4) is 0 Å². The molecule has 0 aromatic rings. The minimum atomic E-state index is 0.466. The van der Waals surface area contributed by atoms with Gasteiger partial charge in [0, 0.05) is 19.1 Å². The van der Waals surface area contributed by atoms with Crippen LogP contribution in [-0.2, 0) is 0 Å². The molecule has 1 aliphatic heterocycles. The van der Waals surface area contributed by atoms with Crippen molar-refractivity contribution >= 4 is 0 Å². The smallest absolute Gasteiger partial charge is 0.0198 e. The predicted molar refractivity (Wildman–Crippen MR) is 97.3 cm³/mol. The number of nitrogens with zero attached hydrogens (tertiary/aromatic N) is 1. The lowest BCUT2D eigenvalue weighted by atomic mass is 9.80. The number of hydrogen-bond donors (Lipinski definition) is 1. The summed E-state index contributed by atoms with van der Waals surface area (Å²) in [6.07, 6.45) is 11.4. The Bertz CT molecular complexity index is 301. The van der Waals surface area contributed by atoms with E-state index in [1.807, 2.05) is 0 Å². The minimum absolute atomic E-state index is 0.466. The van der Waals surface area contributed by atoms with Crippen molar-refractivity contribution in [1.29, 1.82) is 0 Å². The van der Waals surface area contributed by atoms with Gasteiger partial charge in [0.2, 0.25) is 0 Å². The predicted octanol–water partition coefficient (Wildman–Crippen LogP) is 4.69. The molecule has 0 spiro atoms. The van der Waals surface area contributed by atoms with Crippen LogP contribution in [0.5, 0.6) is 0 Å². The SMILES string of the molecule is CCCN1CC(CC(C)(C)C)CC(NCC2CCCCC2)C1. The van der Waals surface area contributed by atoms with Crippen molar-refractivity contribution in [2.45, 2.75) is 85.1 Å². The van der Waals surface area contributed by atoms with Crippen LogP contribution in [0.3, 0.4) is 0 Å². The van der Waals surface area contributed by atoms with E-state index in [1.165, 1.54) is 77.5 Å². The van der Waals surface area contributed by atoms with Gasteiger partial charge in [-0.25, -0.2) is 0 Å². The highest BCUT2D eigenvalue weighted by Crippen LogP contribution is 2.30. The molecule has 1 saturated carbocycles. The minimum Gasteiger partial charge on any atom is -0.312 e. The molecule has 0 bridgehead atoms. The van der Waals surface area contributed by atoms with Crippen LogP contribution in [0, 0.1) is 17.3 Å². The molecule has 2 atom stereocenters. The van der Waals surface area contributed by atoms with Gasteiger partial charge in [-0.3, -0.25) is 0 Å². The van der Waals surface area contributed by atoms with Crippen molar-refractivity contribution in [1.82, 2.24) is 10.2 Å². The number of rotatable bonds is 6. The van der Waals surface area contributed by atoms with E-state index < -0.39 is 0 Å². The van der Waals surface area contributed by atoms with E-state index in [1.54, 1.807) is 0 Å². The van der Waals surface area contributed by atoms with E-state index in [-0.39, 0.29) is 0 Å². The third-order valence-electron chi connectivity index (χ3n) is 5.47. The first-order valence-electron chi connectivity index (χ1n) is 9.92. The molecule has 1 N–H and O–H groups in total. The first kappa shape index (κ1) is 18.3. The molecule has 0 aromatic heterocycles. The summed E-state index contributed by atoms with van der Waals surface area (Å²) in [5, 5.41) is 3.95. The van der Waals surface area contributed by atoms with Gasteiger partial charge in [-0.15, -0.1) is 0 Å². The molecule has 130 valence electrons. The summed E-state index contributed by atoms with van der Waals surface area (Å²) in [5.41, 5.74) is 0.466. The second-order valence-electron chi connectivity index (χ2n) is 9.24. The molecule has 22 heavy (non-hydrogen) atoms. The molecule has 1 saturated heterocycles. The van der Waals surface area contributed by atoms with Crippen molar-refractivity contribution < 1.29 is 0 Å². The normalized spacial score (nSPS) is 28.9. The van der Waals surface area contributed by atoms with Gasteiger partial charge in [-0.1, -0.05) is 47.0 Å².